The smallest absolute Gasteiger partial charge is 0.313 e. The number of hydrogen-bond acceptors (Lipinski definition) is 14. The van der Waals surface area contributed by atoms with Crippen molar-refractivity contribution in [3.05, 3.63) is 123 Å². The Morgan fingerprint density at radius 2 is 1.59 bits per heavy atom. The van der Waals surface area contributed by atoms with Crippen molar-refractivity contribution in [1.29, 1.82) is 0 Å². The number of benzene rings is 4. The molecule has 0 unspecified atom stereocenters. The third-order valence-electron chi connectivity index (χ3n) is 8.23. The van der Waals surface area contributed by atoms with Gasteiger partial charge in [0, 0.05) is 33.9 Å². The highest BCUT2D eigenvalue weighted by Crippen LogP contribution is 2.31. The molecular weight excluding hydrogens is 761 g/mol. The Labute approximate surface area is 327 Å². The Hall–Kier alpha value is -6.95. The molecule has 0 saturated carbocycles. The van der Waals surface area contributed by atoms with E-state index in [2.05, 4.69) is 56.9 Å². The van der Waals surface area contributed by atoms with Gasteiger partial charge in [-0.25, -0.2) is 4.98 Å². The number of Topliss-reactive ketones (excluding diaryl/α,β-unsaturated/α-hetero) is 1. The van der Waals surface area contributed by atoms with Gasteiger partial charge >= 0.3 is 5.97 Å². The number of nitrogens with one attached hydrogen (secondary N) is 5. The van der Waals surface area contributed by atoms with Crippen LogP contribution in [0, 0.1) is 0 Å². The fourth-order valence-electron chi connectivity index (χ4n) is 5.55. The highest BCUT2D eigenvalue weighted by Gasteiger charge is 2.17. The molecule has 0 aliphatic carbocycles. The predicted molar refractivity (Wildman–Crippen MR) is 211 cm³/mol. The van der Waals surface area contributed by atoms with E-state index in [1.165, 1.54) is 10.6 Å². The van der Waals surface area contributed by atoms with Crippen molar-refractivity contribution < 1.29 is 14.3 Å². The molecule has 0 fully saturated rings. The van der Waals surface area contributed by atoms with E-state index in [-0.39, 0.29) is 36.1 Å². The molecule has 0 saturated heterocycles. The van der Waals surface area contributed by atoms with Crippen LogP contribution in [0.1, 0.15) is 29.3 Å². The number of nitrogen functional groups attached to an aromatic ring is 1. The molecule has 7 aromatic rings. The number of fused-ring (bicyclic) bond motifs is 3. The van der Waals surface area contributed by atoms with Crippen molar-refractivity contribution in [1.82, 2.24) is 40.3 Å². The number of anilines is 3. The number of aromatic amines is 2. The predicted octanol–water partition coefficient (Wildman–Crippen LogP) is 6.79. The van der Waals surface area contributed by atoms with Gasteiger partial charge in [-0.15, -0.1) is 10.6 Å². The number of carbonyl (C=O) groups is 2. The monoisotopic (exact) mass is 791 g/mol. The second kappa shape index (κ2) is 16.6. The quantitative estimate of drug-likeness (QED) is 0.0556. The van der Waals surface area contributed by atoms with Gasteiger partial charge in [-0.1, -0.05) is 53.5 Å². The van der Waals surface area contributed by atoms with E-state index in [1.54, 1.807) is 37.3 Å². The molecule has 4 aromatic carbocycles. The summed E-state index contributed by atoms with van der Waals surface area (Å²) in [5.74, 6) is 0.835. The number of esters is 1. The van der Waals surface area contributed by atoms with Gasteiger partial charge in [0.05, 0.1) is 46.0 Å². The minimum atomic E-state index is -0.498. The molecule has 9 rings (SSSR count). The largest absolute Gasteiger partial charge is 0.466 e. The third-order valence-corrected chi connectivity index (χ3v) is 8.89. The molecule has 0 bridgehead atoms. The summed E-state index contributed by atoms with van der Waals surface area (Å²) in [6, 6.07) is 27.0. The molecule has 5 heterocycles. The van der Waals surface area contributed by atoms with Gasteiger partial charge in [0.1, 0.15) is 6.42 Å². The molecule has 3 aromatic heterocycles. The minimum absolute atomic E-state index is 0.218. The van der Waals surface area contributed by atoms with Gasteiger partial charge in [0.2, 0.25) is 5.95 Å². The van der Waals surface area contributed by atoms with Crippen LogP contribution in [-0.2, 0) is 16.1 Å². The summed E-state index contributed by atoms with van der Waals surface area (Å²) in [4.78, 5) is 48.4. The molecule has 0 amide bonds. The lowest BCUT2D eigenvalue weighted by atomic mass is 10.1. The highest BCUT2D eigenvalue weighted by molar-refractivity contribution is 6.33. The van der Waals surface area contributed by atoms with E-state index in [4.69, 9.17) is 33.7 Å². The number of aromatic nitrogens is 7. The average molecular weight is 793 g/mol. The molecule has 7 N–H and O–H groups in total. The molecule has 0 radical (unpaired) electrons. The highest BCUT2D eigenvalue weighted by atomic mass is 35.5. The van der Waals surface area contributed by atoms with Crippen molar-refractivity contribution in [2.24, 2.45) is 10.2 Å². The first kappa shape index (κ1) is 37.4. The number of H-pyrrole nitrogens is 2. The lowest BCUT2D eigenvalue weighted by Gasteiger charge is -2.03. The SMILES string of the molecule is CCOC(=O)CC(=O)c1ccc2c(c1)NNN2.Nc1n[nH]c(-c2ccccc2Cl)n1.O=c1cc(-c2ccc3c(c2)CN=N3)nc2nc(-c3ccccc3Cl)[nH]n12. The molecule has 2 aliphatic rings. The van der Waals surface area contributed by atoms with Crippen LogP contribution in [0.25, 0.3) is 39.8 Å². The molecule has 0 spiro atoms. The standard InChI is InChI=1S/C18H11ClN6O.C11H13N3O3.C8H7ClN4/c19-13-4-2-1-3-12(13)17-22-18-21-15(8-16(26)25(18)24-17)10-5-6-14-11(7-10)9-20-23-14;1-2-17-11(16)6-10(15)7-3-4-8-9(5-7)13-14-12-8;9-6-4-2-1-3-5(6)7-11-8(10)13-12-7/h1-8H,9H2,(H,21,22,24);3-5,12-14H,2,6H2,1H3;1-4H,(H3,10,11,12,13). The molecule has 17 nitrogen and oxygen atoms in total. The Kier molecular flexibility index (Phi) is 11.1. The van der Waals surface area contributed by atoms with Crippen LogP contribution >= 0.6 is 23.2 Å². The number of halogens is 2. The van der Waals surface area contributed by atoms with Gasteiger partial charge < -0.3 is 21.3 Å². The van der Waals surface area contributed by atoms with Crippen LogP contribution in [0.3, 0.4) is 0 Å². The van der Waals surface area contributed by atoms with E-state index in [1.807, 2.05) is 54.6 Å². The number of carbonyl (C=O) groups excluding carboxylic acids is 2. The summed E-state index contributed by atoms with van der Waals surface area (Å²) in [5.41, 5.74) is 20.4. The normalized spacial score (nSPS) is 12.0. The average Bonchev–Trinajstić information content (AvgIpc) is 4.02. The van der Waals surface area contributed by atoms with Gasteiger partial charge in [-0.3, -0.25) is 24.6 Å². The fraction of sp³-hybridized carbons (Fsp3) is 0.108. The van der Waals surface area contributed by atoms with Gasteiger partial charge in [0.25, 0.3) is 11.3 Å². The number of nitrogens with zero attached hydrogens (tertiary/aromatic N) is 7. The van der Waals surface area contributed by atoms with Gasteiger partial charge in [-0.2, -0.15) is 24.7 Å². The number of nitrogens with two attached hydrogens (primary N) is 1. The maximum atomic E-state index is 12.5. The Balaban J connectivity index is 0.000000139. The second-order valence-electron chi connectivity index (χ2n) is 12.0. The van der Waals surface area contributed by atoms with E-state index in [0.29, 0.717) is 45.1 Å². The van der Waals surface area contributed by atoms with Crippen molar-refractivity contribution >= 4 is 63.7 Å². The van der Waals surface area contributed by atoms with E-state index in [9.17, 15) is 14.4 Å². The first-order valence-corrected chi connectivity index (χ1v) is 17.7. The number of ketones is 1. The van der Waals surface area contributed by atoms with Crippen molar-refractivity contribution in [2.45, 2.75) is 19.9 Å². The zero-order chi connectivity index (χ0) is 39.2. The van der Waals surface area contributed by atoms with Crippen LogP contribution in [0.5, 0.6) is 0 Å². The number of hydrogen-bond donors (Lipinski definition) is 6. The fourth-order valence-corrected chi connectivity index (χ4v) is 6.00. The van der Waals surface area contributed by atoms with E-state index < -0.39 is 5.97 Å². The van der Waals surface area contributed by atoms with Crippen LogP contribution in [0.4, 0.5) is 23.0 Å². The minimum Gasteiger partial charge on any atom is -0.466 e. The van der Waals surface area contributed by atoms with E-state index >= 15 is 0 Å². The Morgan fingerprint density at radius 3 is 2.30 bits per heavy atom. The lowest BCUT2D eigenvalue weighted by molar-refractivity contribution is -0.141. The van der Waals surface area contributed by atoms with Crippen molar-refractivity contribution in [3.8, 4) is 34.0 Å². The number of azo groups is 1. The van der Waals surface area contributed by atoms with E-state index in [0.717, 1.165) is 33.8 Å². The molecular formula is C37H31Cl2N13O4. The molecule has 0 atom stereocenters. The number of hydrazine groups is 2. The number of ether oxygens (including phenoxy) is 1. The first-order chi connectivity index (χ1) is 27.2. The van der Waals surface area contributed by atoms with Crippen LogP contribution in [0.2, 0.25) is 10.0 Å². The second-order valence-corrected chi connectivity index (χ2v) is 12.8. The van der Waals surface area contributed by atoms with Crippen LogP contribution < -0.4 is 27.7 Å². The maximum absolute atomic E-state index is 12.5. The topological polar surface area (TPSA) is 235 Å². The summed E-state index contributed by atoms with van der Waals surface area (Å²) in [7, 11) is 0. The maximum Gasteiger partial charge on any atom is 0.313 e. The summed E-state index contributed by atoms with van der Waals surface area (Å²) < 4.78 is 6.03. The summed E-state index contributed by atoms with van der Waals surface area (Å²) >= 11 is 12.2. The van der Waals surface area contributed by atoms with Crippen LogP contribution in [0.15, 0.2) is 106 Å². The molecule has 56 heavy (non-hydrogen) atoms. The number of rotatable bonds is 7. The molecule has 2 aliphatic heterocycles. The van der Waals surface area contributed by atoms with Crippen molar-refractivity contribution in [2.75, 3.05) is 23.2 Å². The zero-order valence-electron chi connectivity index (χ0n) is 29.4. The summed E-state index contributed by atoms with van der Waals surface area (Å²) in [5, 5.41) is 18.6. The Morgan fingerprint density at radius 1 is 0.857 bits per heavy atom. The zero-order valence-corrected chi connectivity index (χ0v) is 30.9. The van der Waals surface area contributed by atoms with Crippen LogP contribution in [-0.4, -0.2) is 53.1 Å². The summed E-state index contributed by atoms with van der Waals surface area (Å²) in [6.45, 7) is 2.54. The first-order valence-electron chi connectivity index (χ1n) is 16.9. The van der Waals surface area contributed by atoms with Gasteiger partial charge in [-0.05, 0) is 61.5 Å². The molecule has 19 heteroatoms. The van der Waals surface area contributed by atoms with Crippen molar-refractivity contribution in [3.63, 3.8) is 0 Å². The summed E-state index contributed by atoms with van der Waals surface area (Å²) in [6.07, 6.45) is -0.229. The Bertz CT molecular complexity index is 2670. The lowest BCUT2D eigenvalue weighted by Crippen LogP contribution is -2.19. The van der Waals surface area contributed by atoms with Gasteiger partial charge in [0.15, 0.2) is 17.4 Å². The third kappa shape index (κ3) is 8.39. The molecule has 282 valence electrons.